The molecule has 0 fully saturated rings. The van der Waals surface area contributed by atoms with Crippen LogP contribution >= 0.6 is 89.0 Å². The van der Waals surface area contributed by atoms with Crippen LogP contribution in [0.3, 0.4) is 0 Å². The molecule has 0 saturated carbocycles. The molecule has 2 amide bonds. The van der Waals surface area contributed by atoms with Crippen LogP contribution < -0.4 is 0 Å². The number of hydrogen-bond acceptors (Lipinski definition) is 16. The summed E-state index contributed by atoms with van der Waals surface area (Å²) in [5.74, 6) is 1.46. The van der Waals surface area contributed by atoms with E-state index in [1.54, 1.807) is 50.1 Å². The van der Waals surface area contributed by atoms with Crippen molar-refractivity contribution < 1.29 is 36.1 Å². The number of carbonyl (C=O) groups excluding carboxylic acids is 2. The van der Waals surface area contributed by atoms with Crippen LogP contribution in [0.25, 0.3) is 0 Å². The summed E-state index contributed by atoms with van der Waals surface area (Å²) >= 11 is 5.58. The Morgan fingerprint density at radius 2 is 0.917 bits per heavy atom. The predicted molar refractivity (Wildman–Crippen MR) is 169 cm³/mol. The Morgan fingerprint density at radius 3 is 1.17 bits per heavy atom. The van der Waals surface area contributed by atoms with Crippen molar-refractivity contribution in [2.45, 2.75) is 24.9 Å². The minimum absolute atomic E-state index is 0.0926. The largest absolute Gasteiger partial charge is 0.500 e. The molecule has 0 bridgehead atoms. The maximum Gasteiger partial charge on any atom is 0.500 e. The molecule has 0 aromatic carbocycles. The molecule has 214 valence electrons. The van der Waals surface area contributed by atoms with Gasteiger partial charge in [-0.25, -0.2) is 7.42 Å². The quantitative estimate of drug-likeness (QED) is 0.0538. The molecule has 0 radical (unpaired) electrons. The summed E-state index contributed by atoms with van der Waals surface area (Å²) < 4.78 is 35.8. The van der Waals surface area contributed by atoms with E-state index in [9.17, 15) is 9.59 Å². The van der Waals surface area contributed by atoms with Gasteiger partial charge in [-0.2, -0.15) is 0 Å². The van der Waals surface area contributed by atoms with Crippen molar-refractivity contribution in [2.75, 3.05) is 66.7 Å². The van der Waals surface area contributed by atoms with E-state index in [4.69, 9.17) is 26.6 Å². The SMILES string of the molecule is CO[Si](CCCSN(SC)C(=O)SSSSC(=O)N(SC)SCCC[Si](OC)(OC)OC)(OC)OC. The smallest absolute Gasteiger partial charge is 0.377 e. The average Bonchev–Trinajstić information content (AvgIpc) is 2.91. The number of hydrogen-bond donors (Lipinski definition) is 0. The second-order valence-corrected chi connectivity index (χ2v) is 21.9. The molecule has 0 aliphatic heterocycles. The van der Waals surface area contributed by atoms with Gasteiger partial charge in [-0.15, -0.1) is 0 Å². The first-order valence-electron chi connectivity index (χ1n) is 10.3. The van der Waals surface area contributed by atoms with Gasteiger partial charge in [-0.3, -0.25) is 9.59 Å². The molecule has 0 spiro atoms. The molecule has 10 nitrogen and oxygen atoms in total. The van der Waals surface area contributed by atoms with Crippen LogP contribution in [0.2, 0.25) is 12.1 Å². The van der Waals surface area contributed by atoms with Crippen LogP contribution in [0.5, 0.6) is 0 Å². The van der Waals surface area contributed by atoms with Crippen LogP contribution in [0.15, 0.2) is 0 Å². The Kier molecular flexibility index (Phi) is 23.8. The van der Waals surface area contributed by atoms with Crippen molar-refractivity contribution in [1.29, 1.82) is 0 Å². The van der Waals surface area contributed by atoms with Gasteiger partial charge >= 0.3 is 28.1 Å². The Labute approximate surface area is 250 Å². The molecule has 0 rings (SSSR count). The summed E-state index contributed by atoms with van der Waals surface area (Å²) in [7, 11) is 9.09. The number of amides is 2. The zero-order valence-corrected chi connectivity index (χ0v) is 30.2. The lowest BCUT2D eigenvalue weighted by Crippen LogP contribution is -2.42. The fourth-order valence-electron chi connectivity index (χ4n) is 2.49. The monoisotopic (exact) mass is 696 g/mol. The van der Waals surface area contributed by atoms with Gasteiger partial charge in [-0.1, -0.05) is 0 Å². The summed E-state index contributed by atoms with van der Waals surface area (Å²) in [5, 5.41) is -0.185. The predicted octanol–water partition coefficient (Wildman–Crippen LogP) is 6.90. The van der Waals surface area contributed by atoms with E-state index in [-0.39, 0.29) is 10.5 Å². The zero-order valence-electron chi connectivity index (χ0n) is 21.7. The van der Waals surface area contributed by atoms with Gasteiger partial charge in [0, 0.05) is 100 Å². The highest BCUT2D eigenvalue weighted by molar-refractivity contribution is 9.29. The van der Waals surface area contributed by atoms with Gasteiger partial charge in [0.25, 0.3) is 0 Å². The lowest BCUT2D eigenvalue weighted by Gasteiger charge is -2.24. The zero-order chi connectivity index (χ0) is 27.5. The van der Waals surface area contributed by atoms with Gasteiger partial charge in [0.1, 0.15) is 0 Å². The van der Waals surface area contributed by atoms with Crippen molar-refractivity contribution in [2.24, 2.45) is 0 Å². The van der Waals surface area contributed by atoms with E-state index in [1.165, 1.54) is 67.4 Å². The van der Waals surface area contributed by atoms with Crippen molar-refractivity contribution in [3.8, 4) is 0 Å². The second-order valence-electron chi connectivity index (χ2n) is 6.18. The van der Waals surface area contributed by atoms with Gasteiger partial charge in [0.15, 0.2) is 0 Å². The molecule has 0 saturated heterocycles. The first kappa shape index (κ1) is 37.9. The highest BCUT2D eigenvalue weighted by atomic mass is 33.7. The molecule has 0 heterocycles. The third kappa shape index (κ3) is 14.5. The van der Waals surface area contributed by atoms with E-state index >= 15 is 0 Å². The lowest BCUT2D eigenvalue weighted by molar-refractivity contribution is 0.123. The molecule has 0 aromatic rings. The van der Waals surface area contributed by atoms with Crippen molar-refractivity contribution in [3.05, 3.63) is 0 Å². The van der Waals surface area contributed by atoms with E-state index in [0.717, 1.165) is 45.9 Å². The maximum atomic E-state index is 12.5. The van der Waals surface area contributed by atoms with Gasteiger partial charge in [0.2, 0.25) is 0 Å². The molecule has 0 aliphatic carbocycles. The fraction of sp³-hybridized carbons (Fsp3) is 0.875. The van der Waals surface area contributed by atoms with Crippen LogP contribution in [-0.4, -0.2) is 102 Å². The summed E-state index contributed by atoms with van der Waals surface area (Å²) in [5.41, 5.74) is 0. The van der Waals surface area contributed by atoms with E-state index in [1.807, 2.05) is 12.5 Å². The second kappa shape index (κ2) is 22.6. The number of carbonyl (C=O) groups is 2. The van der Waals surface area contributed by atoms with Gasteiger partial charge in [0.05, 0.1) is 0 Å². The first-order chi connectivity index (χ1) is 17.3. The molecule has 0 unspecified atom stereocenters. The molecular weight excluding hydrogens is 661 g/mol. The summed E-state index contributed by atoms with van der Waals surface area (Å²) in [6.07, 6.45) is 5.29. The summed E-state index contributed by atoms with van der Waals surface area (Å²) in [6, 6.07) is 1.35. The van der Waals surface area contributed by atoms with Crippen LogP contribution in [0.1, 0.15) is 12.8 Å². The van der Waals surface area contributed by atoms with E-state index < -0.39 is 17.6 Å². The third-order valence-corrected chi connectivity index (χ3v) is 20.3. The maximum absolute atomic E-state index is 12.5. The highest BCUT2D eigenvalue weighted by Crippen LogP contribution is 2.47. The van der Waals surface area contributed by atoms with E-state index in [2.05, 4.69) is 0 Å². The van der Waals surface area contributed by atoms with Crippen molar-refractivity contribution in [3.63, 3.8) is 0 Å². The molecule has 0 atom stereocenters. The Bertz CT molecular complexity index is 548. The average molecular weight is 697 g/mol. The minimum atomic E-state index is -2.59. The standard InChI is InChI=1S/C16H36N2O8S8Si2/c1-21-35(22-2,23-3)13-9-11-29-17(27-7)15(19)31-33-34-32-16(20)18(28-8)30-12-10-14-36(24-4,25-5)26-6/h9-14H2,1-8H3. The van der Waals surface area contributed by atoms with Gasteiger partial charge < -0.3 is 26.6 Å². The molecule has 0 N–H and O–H groups in total. The first-order valence-corrected chi connectivity index (χ1v) is 23.2. The lowest BCUT2D eigenvalue weighted by atomic mass is 10.6. The van der Waals surface area contributed by atoms with Crippen molar-refractivity contribution >= 4 is 117 Å². The molecule has 0 aliphatic rings. The Morgan fingerprint density at radius 1 is 0.611 bits per heavy atom. The minimum Gasteiger partial charge on any atom is -0.377 e. The van der Waals surface area contributed by atoms with Gasteiger partial charge in [-0.05, 0) is 80.3 Å². The van der Waals surface area contributed by atoms with E-state index in [0.29, 0.717) is 12.1 Å². The third-order valence-electron chi connectivity index (χ3n) is 4.41. The highest BCUT2D eigenvalue weighted by Gasteiger charge is 2.37. The molecule has 0 aromatic heterocycles. The summed E-state index contributed by atoms with van der Waals surface area (Å²) in [6.45, 7) is 0. The number of rotatable bonds is 21. The normalized spacial score (nSPS) is 12.1. The Hall–Kier alpha value is 1.93. The molecular formula is C16H36N2O8S8Si2. The topological polar surface area (TPSA) is 96.0 Å². The summed E-state index contributed by atoms with van der Waals surface area (Å²) in [4.78, 5) is 25.0. The van der Waals surface area contributed by atoms with Crippen LogP contribution in [-0.2, 0) is 26.6 Å². The number of nitrogens with zero attached hydrogens (tertiary/aromatic N) is 2. The van der Waals surface area contributed by atoms with Crippen molar-refractivity contribution in [1.82, 2.24) is 7.42 Å². The molecule has 20 heteroatoms. The van der Waals surface area contributed by atoms with Crippen LogP contribution in [0, 0.1) is 0 Å². The fourth-order valence-corrected chi connectivity index (χ4v) is 15.2. The van der Waals surface area contributed by atoms with Crippen LogP contribution in [0.4, 0.5) is 9.59 Å². The molecule has 36 heavy (non-hydrogen) atoms. The Balaban J connectivity index is 4.28.